The van der Waals surface area contributed by atoms with Crippen LogP contribution in [0.5, 0.6) is 0 Å². The van der Waals surface area contributed by atoms with Crippen LogP contribution < -0.4 is 81.4 Å². The van der Waals surface area contributed by atoms with Gasteiger partial charge in [-0.1, -0.05) is 44.2 Å². The SMILES string of the molecule is CC(C)C[C@@H]1NC(=O)[C@@H](Cc2ccccc2)NC(=O)[C@H](CCN)NC(=O)[C@@H](NC(=O)[C@H](CCN)NC(=O)[C@@H](NC(=O)CC[C@@H]2CCCN2)C(C)O)CCNC(=O)C(C(C)O)NC(=O)[C@H](CCN)NC(=O)[C@H](CCN)NC1=O. The van der Waals surface area contributed by atoms with Crippen molar-refractivity contribution in [2.24, 2.45) is 28.9 Å². The summed E-state index contributed by atoms with van der Waals surface area (Å²) < 4.78 is 0. The molecule has 2 saturated heterocycles. The summed E-state index contributed by atoms with van der Waals surface area (Å²) in [5.74, 6) is -8.82. The number of rotatable bonds is 22. The van der Waals surface area contributed by atoms with E-state index in [9.17, 15) is 58.2 Å². The minimum Gasteiger partial charge on any atom is -0.391 e. The maximum absolute atomic E-state index is 14.4. The van der Waals surface area contributed by atoms with E-state index in [2.05, 4.69) is 58.5 Å². The molecule has 1 aromatic carbocycles. The molecule has 1 aromatic rings. The summed E-state index contributed by atoms with van der Waals surface area (Å²) >= 11 is 0. The van der Waals surface area contributed by atoms with E-state index in [0.29, 0.717) is 12.0 Å². The lowest BCUT2D eigenvalue weighted by Gasteiger charge is -2.28. The largest absolute Gasteiger partial charge is 0.391 e. The standard InChI is InChI=1S/C50H85N15O12/c1-27(2)25-37-47(74)59-32(14-19-51)42(69)58-35(17-22-54)46(73)65-40(28(3)66)49(76)56-24-18-36(45(72)57-33(15-20-52)44(71)63-38(48(75)62-37)26-30-9-6-5-7-10-30)60-43(70)34(16-21-53)61-50(77)41(29(4)67)64-39(68)13-12-31-11-8-23-55-31/h5-7,9-10,27-29,31-38,40-41,55,66-67H,8,11-26,51-54H2,1-4H3,(H,56,76)(H,57,72)(H,58,69)(H,59,74)(H,60,70)(H,61,77)(H,62,75)(H,63,71)(H,64,68)(H,65,73)/t28?,29?,31-,32-,33-,34-,35-,36-,37-,38+,40?,41-/m0/s1. The highest BCUT2D eigenvalue weighted by atomic mass is 16.3. The summed E-state index contributed by atoms with van der Waals surface area (Å²) in [4.78, 5) is 139. The highest BCUT2D eigenvalue weighted by Crippen LogP contribution is 2.13. The number of hydrogen-bond acceptors (Lipinski definition) is 17. The molecule has 432 valence electrons. The lowest BCUT2D eigenvalue weighted by molar-refractivity contribution is -0.136. The van der Waals surface area contributed by atoms with Gasteiger partial charge in [0.05, 0.1) is 12.2 Å². The van der Waals surface area contributed by atoms with Crippen molar-refractivity contribution in [1.82, 2.24) is 58.5 Å². The van der Waals surface area contributed by atoms with E-state index < -0.39 is 139 Å². The molecular formula is C50H85N15O12. The fourth-order valence-corrected chi connectivity index (χ4v) is 8.74. The predicted molar refractivity (Wildman–Crippen MR) is 283 cm³/mol. The van der Waals surface area contributed by atoms with Gasteiger partial charge in [-0.2, -0.15) is 0 Å². The van der Waals surface area contributed by atoms with Gasteiger partial charge in [-0.3, -0.25) is 47.9 Å². The smallest absolute Gasteiger partial charge is 0.245 e. The Morgan fingerprint density at radius 1 is 0.610 bits per heavy atom. The van der Waals surface area contributed by atoms with Crippen LogP contribution in [0.15, 0.2) is 30.3 Å². The Labute approximate surface area is 449 Å². The van der Waals surface area contributed by atoms with E-state index in [-0.39, 0.29) is 83.1 Å². The second-order valence-corrected chi connectivity index (χ2v) is 20.0. The van der Waals surface area contributed by atoms with E-state index in [4.69, 9.17) is 22.9 Å². The number of aliphatic hydroxyl groups is 2. The van der Waals surface area contributed by atoms with Crippen molar-refractivity contribution in [3.05, 3.63) is 35.9 Å². The van der Waals surface area contributed by atoms with Crippen molar-refractivity contribution >= 4 is 59.1 Å². The number of nitrogens with one attached hydrogen (secondary N) is 11. The Hall–Kier alpha value is -6.36. The van der Waals surface area contributed by atoms with Crippen molar-refractivity contribution in [2.75, 3.05) is 39.3 Å². The number of carbonyl (C=O) groups excluding carboxylic acids is 10. The van der Waals surface area contributed by atoms with Crippen molar-refractivity contribution in [1.29, 1.82) is 0 Å². The average molecular weight is 1090 g/mol. The predicted octanol–water partition coefficient (Wildman–Crippen LogP) is -6.15. The monoisotopic (exact) mass is 1090 g/mol. The van der Waals surface area contributed by atoms with Crippen LogP contribution in [0.4, 0.5) is 0 Å². The number of nitrogens with two attached hydrogens (primary N) is 4. The van der Waals surface area contributed by atoms with Crippen LogP contribution in [0.1, 0.15) is 97.5 Å². The maximum Gasteiger partial charge on any atom is 0.245 e. The van der Waals surface area contributed by atoms with E-state index in [1.807, 2.05) is 0 Å². The molecule has 10 amide bonds. The van der Waals surface area contributed by atoms with Crippen molar-refractivity contribution in [3.8, 4) is 0 Å². The normalized spacial score (nSPS) is 25.3. The van der Waals surface area contributed by atoms with Gasteiger partial charge in [0.2, 0.25) is 59.1 Å². The Balaban J connectivity index is 2.08. The van der Waals surface area contributed by atoms with Gasteiger partial charge in [-0.15, -0.1) is 0 Å². The molecule has 21 N–H and O–H groups in total. The molecule has 0 spiro atoms. The molecule has 2 fully saturated rings. The minimum atomic E-state index is -1.66. The fraction of sp³-hybridized carbons (Fsp3) is 0.680. The second kappa shape index (κ2) is 33.7. The average Bonchev–Trinajstić information content (AvgIpc) is 3.91. The summed E-state index contributed by atoms with van der Waals surface area (Å²) in [6.45, 7) is 5.92. The van der Waals surface area contributed by atoms with Gasteiger partial charge in [0.1, 0.15) is 54.4 Å². The van der Waals surface area contributed by atoms with Gasteiger partial charge >= 0.3 is 0 Å². The number of hydrogen-bond donors (Lipinski definition) is 17. The molecule has 0 aliphatic carbocycles. The number of carbonyl (C=O) groups is 10. The lowest BCUT2D eigenvalue weighted by Crippen LogP contribution is -2.61. The summed E-state index contributed by atoms with van der Waals surface area (Å²) in [7, 11) is 0. The first-order chi connectivity index (χ1) is 36.6. The number of benzene rings is 1. The molecule has 2 aliphatic heterocycles. The molecule has 3 unspecified atom stereocenters. The number of aliphatic hydroxyl groups excluding tert-OH is 2. The van der Waals surface area contributed by atoms with Gasteiger partial charge in [-0.25, -0.2) is 0 Å². The summed E-state index contributed by atoms with van der Waals surface area (Å²) in [5, 5.41) is 50.2. The molecule has 2 heterocycles. The number of amides is 10. The first-order valence-electron chi connectivity index (χ1n) is 26.6. The first-order valence-corrected chi connectivity index (χ1v) is 26.6. The lowest BCUT2D eigenvalue weighted by atomic mass is 10.00. The zero-order chi connectivity index (χ0) is 57.2. The van der Waals surface area contributed by atoms with Crippen LogP contribution in [-0.4, -0.2) is 181 Å². The Bertz CT molecular complexity index is 2110. The summed E-state index contributed by atoms with van der Waals surface area (Å²) in [6.07, 6.45) is -1.66. The van der Waals surface area contributed by atoms with Crippen LogP contribution in [0.2, 0.25) is 0 Å². The highest BCUT2D eigenvalue weighted by molar-refractivity contribution is 5.99. The fourth-order valence-electron chi connectivity index (χ4n) is 8.74. The third-order valence-electron chi connectivity index (χ3n) is 13.0. The molecular weight excluding hydrogens is 1000 g/mol. The molecule has 12 atom stereocenters. The Kier molecular flexibility index (Phi) is 28.4. The topological polar surface area (TPSA) is 448 Å². The first kappa shape index (κ1) is 64.9. The van der Waals surface area contributed by atoms with Gasteiger partial charge in [0, 0.05) is 25.4 Å². The Morgan fingerprint density at radius 2 is 1.14 bits per heavy atom. The van der Waals surface area contributed by atoms with E-state index in [0.717, 1.165) is 19.4 Å². The molecule has 0 radical (unpaired) electrons. The second-order valence-electron chi connectivity index (χ2n) is 20.0. The molecule has 0 saturated carbocycles. The van der Waals surface area contributed by atoms with Crippen molar-refractivity contribution in [3.63, 3.8) is 0 Å². The molecule has 3 rings (SSSR count). The highest BCUT2D eigenvalue weighted by Gasteiger charge is 2.37. The van der Waals surface area contributed by atoms with E-state index in [1.165, 1.54) is 13.8 Å². The molecule has 77 heavy (non-hydrogen) atoms. The molecule has 0 bridgehead atoms. The molecule has 27 heteroatoms. The minimum absolute atomic E-state index is 0.0586. The van der Waals surface area contributed by atoms with Gasteiger partial charge in [0.25, 0.3) is 0 Å². The quantitative estimate of drug-likeness (QED) is 0.0514. The van der Waals surface area contributed by atoms with Gasteiger partial charge < -0.3 is 91.6 Å². The van der Waals surface area contributed by atoms with E-state index >= 15 is 0 Å². The molecule has 27 nitrogen and oxygen atoms in total. The van der Waals surface area contributed by atoms with Crippen LogP contribution >= 0.6 is 0 Å². The van der Waals surface area contributed by atoms with Gasteiger partial charge in [-0.05, 0) is 116 Å². The summed E-state index contributed by atoms with van der Waals surface area (Å²) in [5.41, 5.74) is 24.1. The third kappa shape index (κ3) is 22.3. The molecule has 2 aliphatic rings. The zero-order valence-electron chi connectivity index (χ0n) is 44.7. The van der Waals surface area contributed by atoms with Crippen LogP contribution in [-0.2, 0) is 54.4 Å². The summed E-state index contributed by atoms with van der Waals surface area (Å²) in [6, 6.07) is -4.34. The van der Waals surface area contributed by atoms with Crippen LogP contribution in [0.3, 0.4) is 0 Å². The van der Waals surface area contributed by atoms with Crippen LogP contribution in [0.25, 0.3) is 0 Å². The van der Waals surface area contributed by atoms with Crippen molar-refractivity contribution < 1.29 is 58.2 Å². The van der Waals surface area contributed by atoms with Gasteiger partial charge in [0.15, 0.2) is 0 Å². The van der Waals surface area contributed by atoms with Crippen LogP contribution in [0, 0.1) is 5.92 Å². The third-order valence-corrected chi connectivity index (χ3v) is 13.0. The Morgan fingerprint density at radius 3 is 1.66 bits per heavy atom. The van der Waals surface area contributed by atoms with E-state index in [1.54, 1.807) is 44.2 Å². The molecule has 0 aromatic heterocycles. The maximum atomic E-state index is 14.4. The van der Waals surface area contributed by atoms with Crippen molar-refractivity contribution in [2.45, 2.75) is 171 Å². The zero-order valence-corrected chi connectivity index (χ0v) is 44.7.